The molecule has 1 N–H and O–H groups in total. The topological polar surface area (TPSA) is 29.1 Å². The van der Waals surface area contributed by atoms with Crippen LogP contribution in [-0.2, 0) is 4.79 Å². The van der Waals surface area contributed by atoms with E-state index in [9.17, 15) is 18.0 Å². The number of hydrogen-bond donors (Lipinski definition) is 1. The number of alkyl halides is 3. The number of thioether (sulfide) groups is 1. The van der Waals surface area contributed by atoms with Crippen molar-refractivity contribution >= 4 is 17.7 Å². The van der Waals surface area contributed by atoms with Gasteiger partial charge in [-0.2, -0.15) is 24.9 Å². The molecule has 0 saturated carbocycles. The lowest BCUT2D eigenvalue weighted by Gasteiger charge is -2.06. The second-order valence-corrected chi connectivity index (χ2v) is 3.47. The summed E-state index contributed by atoms with van der Waals surface area (Å²) in [6.45, 7) is 0.315. The normalized spacial score (nSPS) is 11.4. The summed E-state index contributed by atoms with van der Waals surface area (Å²) in [5.41, 5.74) is 0. The molecular formula is C7H12F3NOS. The third-order valence-corrected chi connectivity index (χ3v) is 1.91. The first kappa shape index (κ1) is 12.6. The summed E-state index contributed by atoms with van der Waals surface area (Å²) < 4.78 is 34.8. The molecule has 13 heavy (non-hydrogen) atoms. The van der Waals surface area contributed by atoms with Crippen LogP contribution < -0.4 is 5.32 Å². The van der Waals surface area contributed by atoms with Crippen LogP contribution in [0.4, 0.5) is 13.2 Å². The largest absolute Gasteiger partial charge is 0.397 e. The fourth-order valence-corrected chi connectivity index (χ4v) is 1.12. The van der Waals surface area contributed by atoms with E-state index in [-0.39, 0.29) is 0 Å². The van der Waals surface area contributed by atoms with Crippen molar-refractivity contribution < 1.29 is 18.0 Å². The summed E-state index contributed by atoms with van der Waals surface area (Å²) in [6, 6.07) is 0. The number of hydrogen-bond acceptors (Lipinski definition) is 2. The van der Waals surface area contributed by atoms with Crippen LogP contribution in [0.1, 0.15) is 12.8 Å². The molecule has 0 aromatic heterocycles. The van der Waals surface area contributed by atoms with Gasteiger partial charge in [-0.15, -0.1) is 0 Å². The summed E-state index contributed by atoms with van der Waals surface area (Å²) in [5, 5.41) is 2.20. The molecule has 0 aromatic rings. The highest BCUT2D eigenvalue weighted by atomic mass is 32.2. The third kappa shape index (κ3) is 9.52. The lowest BCUT2D eigenvalue weighted by Crippen LogP contribution is -2.29. The van der Waals surface area contributed by atoms with Crippen molar-refractivity contribution in [3.63, 3.8) is 0 Å². The Balaban J connectivity index is 3.41. The number of rotatable bonds is 5. The summed E-state index contributed by atoms with van der Waals surface area (Å²) in [7, 11) is 0. The van der Waals surface area contributed by atoms with E-state index in [1.807, 2.05) is 6.26 Å². The Morgan fingerprint density at radius 3 is 2.54 bits per heavy atom. The maximum absolute atomic E-state index is 11.6. The van der Waals surface area contributed by atoms with Gasteiger partial charge in [-0.1, -0.05) is 0 Å². The van der Waals surface area contributed by atoms with E-state index in [1.165, 1.54) is 0 Å². The monoisotopic (exact) mass is 215 g/mol. The summed E-state index contributed by atoms with van der Waals surface area (Å²) >= 11 is 1.59. The number of carbonyl (C=O) groups is 1. The molecular weight excluding hydrogens is 203 g/mol. The molecule has 0 atom stereocenters. The smallest absolute Gasteiger partial charge is 0.356 e. The van der Waals surface area contributed by atoms with Gasteiger partial charge in [0, 0.05) is 6.54 Å². The fraction of sp³-hybridized carbons (Fsp3) is 0.857. The molecule has 6 heteroatoms. The van der Waals surface area contributed by atoms with Gasteiger partial charge in [0.1, 0.15) is 6.42 Å². The predicted molar refractivity (Wildman–Crippen MR) is 46.7 cm³/mol. The Labute approximate surface area is 79.3 Å². The molecule has 78 valence electrons. The second kappa shape index (κ2) is 6.12. The Kier molecular flexibility index (Phi) is 5.94. The zero-order valence-electron chi connectivity index (χ0n) is 7.28. The highest BCUT2D eigenvalue weighted by Gasteiger charge is 2.30. The van der Waals surface area contributed by atoms with E-state index < -0.39 is 18.5 Å². The van der Waals surface area contributed by atoms with Crippen LogP contribution in [0, 0.1) is 0 Å². The van der Waals surface area contributed by atoms with E-state index in [1.54, 1.807) is 11.8 Å². The fourth-order valence-electron chi connectivity index (χ4n) is 0.689. The molecule has 0 rings (SSSR count). The highest BCUT2D eigenvalue weighted by molar-refractivity contribution is 7.98. The molecule has 0 saturated heterocycles. The molecule has 0 radical (unpaired) electrons. The maximum Gasteiger partial charge on any atom is 0.397 e. The summed E-state index contributed by atoms with van der Waals surface area (Å²) in [4.78, 5) is 10.6. The van der Waals surface area contributed by atoms with Crippen molar-refractivity contribution in [2.24, 2.45) is 0 Å². The zero-order valence-corrected chi connectivity index (χ0v) is 8.10. The molecule has 1 amide bonds. The molecule has 0 heterocycles. The Morgan fingerprint density at radius 1 is 1.46 bits per heavy atom. The number of nitrogens with one attached hydrogen (secondary N) is 1. The molecule has 2 nitrogen and oxygen atoms in total. The molecule has 0 spiro atoms. The first-order valence-electron chi connectivity index (χ1n) is 3.78. The van der Waals surface area contributed by atoms with Gasteiger partial charge in [-0.05, 0) is 18.4 Å². The predicted octanol–water partition coefficient (Wildman–Crippen LogP) is 1.81. The van der Waals surface area contributed by atoms with Gasteiger partial charge in [0.25, 0.3) is 0 Å². The number of amides is 1. The van der Waals surface area contributed by atoms with Crippen LogP contribution in [0.5, 0.6) is 0 Å². The highest BCUT2D eigenvalue weighted by Crippen LogP contribution is 2.18. The Morgan fingerprint density at radius 2 is 2.08 bits per heavy atom. The zero-order chi connectivity index (χ0) is 10.3. The molecule has 0 unspecified atom stereocenters. The molecule has 0 aromatic carbocycles. The molecule has 0 fully saturated rings. The maximum atomic E-state index is 11.6. The van der Waals surface area contributed by atoms with Crippen molar-refractivity contribution in [2.45, 2.75) is 19.0 Å². The first-order chi connectivity index (χ1) is 5.95. The average Bonchev–Trinajstić information content (AvgIpc) is 1.94. The first-order valence-corrected chi connectivity index (χ1v) is 5.17. The molecule has 0 bridgehead atoms. The van der Waals surface area contributed by atoms with Gasteiger partial charge in [-0.3, -0.25) is 4.79 Å². The van der Waals surface area contributed by atoms with Crippen LogP contribution in [0.3, 0.4) is 0 Å². The van der Waals surface area contributed by atoms with E-state index in [2.05, 4.69) is 5.32 Å². The van der Waals surface area contributed by atoms with Crippen LogP contribution in [0.2, 0.25) is 0 Å². The number of halogens is 3. The van der Waals surface area contributed by atoms with Crippen LogP contribution >= 0.6 is 11.8 Å². The average molecular weight is 215 g/mol. The Bertz CT molecular complexity index is 160. The van der Waals surface area contributed by atoms with Crippen molar-refractivity contribution in [1.82, 2.24) is 5.32 Å². The van der Waals surface area contributed by atoms with E-state index >= 15 is 0 Å². The van der Waals surface area contributed by atoms with E-state index in [0.717, 1.165) is 5.75 Å². The van der Waals surface area contributed by atoms with Gasteiger partial charge in [0.15, 0.2) is 0 Å². The van der Waals surface area contributed by atoms with Gasteiger partial charge >= 0.3 is 6.18 Å². The van der Waals surface area contributed by atoms with Gasteiger partial charge < -0.3 is 5.32 Å². The molecule has 0 aliphatic carbocycles. The molecule has 0 aliphatic rings. The van der Waals surface area contributed by atoms with Gasteiger partial charge in [0.2, 0.25) is 5.91 Å². The van der Waals surface area contributed by atoms with Crippen LogP contribution in [-0.4, -0.2) is 30.6 Å². The Hall–Kier alpha value is -0.390. The SMILES string of the molecule is CSCCCNC(=O)CC(F)(F)F. The molecule has 0 aliphatic heterocycles. The van der Waals surface area contributed by atoms with Crippen molar-refractivity contribution in [1.29, 1.82) is 0 Å². The van der Waals surface area contributed by atoms with Crippen molar-refractivity contribution in [2.75, 3.05) is 18.6 Å². The minimum atomic E-state index is -4.40. The lowest BCUT2D eigenvalue weighted by molar-refractivity contribution is -0.153. The minimum absolute atomic E-state index is 0.315. The van der Waals surface area contributed by atoms with Crippen molar-refractivity contribution in [3.8, 4) is 0 Å². The minimum Gasteiger partial charge on any atom is -0.356 e. The second-order valence-electron chi connectivity index (χ2n) is 2.49. The van der Waals surface area contributed by atoms with E-state index in [0.29, 0.717) is 13.0 Å². The number of carbonyl (C=O) groups excluding carboxylic acids is 1. The van der Waals surface area contributed by atoms with Gasteiger partial charge in [-0.25, -0.2) is 0 Å². The summed E-state index contributed by atoms with van der Waals surface area (Å²) in [6.07, 6.45) is -3.18. The van der Waals surface area contributed by atoms with E-state index in [4.69, 9.17) is 0 Å². The summed E-state index contributed by atoms with van der Waals surface area (Å²) in [5.74, 6) is -0.111. The van der Waals surface area contributed by atoms with Gasteiger partial charge in [0.05, 0.1) is 0 Å². The van der Waals surface area contributed by atoms with Crippen LogP contribution in [0.15, 0.2) is 0 Å². The third-order valence-electron chi connectivity index (χ3n) is 1.21. The lowest BCUT2D eigenvalue weighted by atomic mass is 10.4. The standard InChI is InChI=1S/C7H12F3NOS/c1-13-4-2-3-11-6(12)5-7(8,9)10/h2-5H2,1H3,(H,11,12). The van der Waals surface area contributed by atoms with Crippen molar-refractivity contribution in [3.05, 3.63) is 0 Å². The van der Waals surface area contributed by atoms with Crippen LogP contribution in [0.25, 0.3) is 0 Å². The quantitative estimate of drug-likeness (QED) is 0.709.